The van der Waals surface area contributed by atoms with Crippen LogP contribution in [0.15, 0.2) is 18.2 Å². The predicted molar refractivity (Wildman–Crippen MR) is 93.8 cm³/mol. The lowest BCUT2D eigenvalue weighted by atomic mass is 10.1. The molecule has 6 nitrogen and oxygen atoms in total. The van der Waals surface area contributed by atoms with Gasteiger partial charge in [0, 0.05) is 62.5 Å². The molecule has 0 aromatic heterocycles. The molecule has 1 aromatic rings. The van der Waals surface area contributed by atoms with E-state index in [9.17, 15) is 4.79 Å². The number of methoxy groups -OCH3 is 2. The first-order chi connectivity index (χ1) is 11.7. The van der Waals surface area contributed by atoms with Crippen LogP contribution in [0.3, 0.4) is 0 Å². The first-order valence-corrected chi connectivity index (χ1v) is 8.67. The van der Waals surface area contributed by atoms with E-state index in [1.54, 1.807) is 32.4 Å². The minimum Gasteiger partial charge on any atom is -0.497 e. The van der Waals surface area contributed by atoms with Crippen molar-refractivity contribution in [1.82, 2.24) is 9.80 Å². The molecule has 1 atom stereocenters. The maximum absolute atomic E-state index is 12.3. The Labute approximate surface area is 143 Å². The fourth-order valence-electron chi connectivity index (χ4n) is 3.62. The lowest BCUT2D eigenvalue weighted by molar-refractivity contribution is -0.116. The van der Waals surface area contributed by atoms with Crippen molar-refractivity contribution in [1.29, 1.82) is 0 Å². The largest absolute Gasteiger partial charge is 0.497 e. The van der Waals surface area contributed by atoms with Gasteiger partial charge in [0.1, 0.15) is 11.5 Å². The second-order valence-electron chi connectivity index (χ2n) is 6.53. The second-order valence-corrected chi connectivity index (χ2v) is 6.53. The quantitative estimate of drug-likeness (QED) is 0.860. The van der Waals surface area contributed by atoms with Gasteiger partial charge in [0.15, 0.2) is 0 Å². The summed E-state index contributed by atoms with van der Waals surface area (Å²) in [5, 5.41) is 2.94. The molecular weight excluding hydrogens is 306 g/mol. The van der Waals surface area contributed by atoms with Crippen LogP contribution in [0, 0.1) is 0 Å². The van der Waals surface area contributed by atoms with E-state index in [4.69, 9.17) is 9.47 Å². The third-order valence-corrected chi connectivity index (χ3v) is 4.96. The van der Waals surface area contributed by atoms with Crippen LogP contribution in [0.25, 0.3) is 0 Å². The molecule has 2 aliphatic heterocycles. The van der Waals surface area contributed by atoms with Gasteiger partial charge in [-0.2, -0.15) is 0 Å². The lowest BCUT2D eigenvalue weighted by Gasteiger charge is -2.37. The van der Waals surface area contributed by atoms with E-state index >= 15 is 0 Å². The molecule has 24 heavy (non-hydrogen) atoms. The number of rotatable bonds is 6. The van der Waals surface area contributed by atoms with E-state index in [0.717, 1.165) is 26.2 Å². The van der Waals surface area contributed by atoms with Crippen LogP contribution >= 0.6 is 0 Å². The minimum atomic E-state index is 0.0270. The molecule has 0 aliphatic carbocycles. The molecule has 2 saturated heterocycles. The van der Waals surface area contributed by atoms with Crippen molar-refractivity contribution < 1.29 is 14.3 Å². The van der Waals surface area contributed by atoms with Crippen LogP contribution in [0.5, 0.6) is 11.5 Å². The van der Waals surface area contributed by atoms with Gasteiger partial charge in [-0.15, -0.1) is 0 Å². The third-order valence-electron chi connectivity index (χ3n) is 4.96. The Bertz CT molecular complexity index is 556. The number of benzene rings is 1. The Morgan fingerprint density at radius 2 is 1.92 bits per heavy atom. The van der Waals surface area contributed by atoms with Crippen molar-refractivity contribution in [3.8, 4) is 11.5 Å². The average molecular weight is 333 g/mol. The Hall–Kier alpha value is -1.79. The normalized spacial score (nSPS) is 21.3. The molecule has 0 saturated carbocycles. The first-order valence-electron chi connectivity index (χ1n) is 8.67. The van der Waals surface area contributed by atoms with Crippen LogP contribution in [0.4, 0.5) is 5.69 Å². The van der Waals surface area contributed by atoms with Gasteiger partial charge in [-0.3, -0.25) is 14.6 Å². The van der Waals surface area contributed by atoms with E-state index in [1.165, 1.54) is 19.4 Å². The summed E-state index contributed by atoms with van der Waals surface area (Å²) in [6, 6.07) is 6.09. The van der Waals surface area contributed by atoms with Gasteiger partial charge < -0.3 is 14.8 Å². The van der Waals surface area contributed by atoms with Crippen molar-refractivity contribution in [3.63, 3.8) is 0 Å². The summed E-state index contributed by atoms with van der Waals surface area (Å²) in [6.07, 6.45) is 3.12. The SMILES string of the molecule is COc1cc(NC(=O)CCN2CCN3CCCC3C2)cc(OC)c1. The molecule has 132 valence electrons. The fraction of sp³-hybridized carbons (Fsp3) is 0.611. The molecule has 2 aliphatic rings. The molecule has 6 heteroatoms. The topological polar surface area (TPSA) is 54.0 Å². The molecule has 1 unspecified atom stereocenters. The van der Waals surface area contributed by atoms with E-state index in [2.05, 4.69) is 15.1 Å². The molecule has 1 amide bonds. The highest BCUT2D eigenvalue weighted by Gasteiger charge is 2.30. The minimum absolute atomic E-state index is 0.0270. The first kappa shape index (κ1) is 17.0. The van der Waals surface area contributed by atoms with Crippen molar-refractivity contribution >= 4 is 11.6 Å². The average Bonchev–Trinajstić information content (AvgIpc) is 3.07. The van der Waals surface area contributed by atoms with E-state index < -0.39 is 0 Å². The number of hydrogen-bond acceptors (Lipinski definition) is 5. The van der Waals surface area contributed by atoms with Crippen LogP contribution in [-0.2, 0) is 4.79 Å². The molecule has 0 spiro atoms. The number of amides is 1. The highest BCUT2D eigenvalue weighted by atomic mass is 16.5. The molecule has 0 bridgehead atoms. The summed E-state index contributed by atoms with van der Waals surface area (Å²) in [6.45, 7) is 5.37. The number of fused-ring (bicyclic) bond motifs is 1. The number of nitrogens with zero attached hydrogens (tertiary/aromatic N) is 2. The third kappa shape index (κ3) is 4.19. The monoisotopic (exact) mass is 333 g/mol. The molecular formula is C18H27N3O3. The maximum Gasteiger partial charge on any atom is 0.225 e. The number of anilines is 1. The van der Waals surface area contributed by atoms with Gasteiger partial charge in [-0.05, 0) is 19.4 Å². The summed E-state index contributed by atoms with van der Waals surface area (Å²) in [5.74, 6) is 1.36. The summed E-state index contributed by atoms with van der Waals surface area (Å²) in [4.78, 5) is 17.2. The molecule has 1 aromatic carbocycles. The van der Waals surface area contributed by atoms with Gasteiger partial charge in [0.2, 0.25) is 5.91 Å². The van der Waals surface area contributed by atoms with E-state index in [1.807, 2.05) is 0 Å². The van der Waals surface area contributed by atoms with Crippen molar-refractivity contribution in [2.45, 2.75) is 25.3 Å². The Balaban J connectivity index is 1.49. The zero-order valence-corrected chi connectivity index (χ0v) is 14.6. The molecule has 3 rings (SSSR count). The van der Waals surface area contributed by atoms with Gasteiger partial charge in [0.25, 0.3) is 0 Å². The van der Waals surface area contributed by atoms with Crippen molar-refractivity contribution in [3.05, 3.63) is 18.2 Å². The molecule has 2 heterocycles. The number of hydrogen-bond donors (Lipinski definition) is 1. The number of ether oxygens (including phenoxy) is 2. The Morgan fingerprint density at radius 3 is 2.62 bits per heavy atom. The zero-order chi connectivity index (χ0) is 16.9. The smallest absolute Gasteiger partial charge is 0.225 e. The predicted octanol–water partition coefficient (Wildman–Crippen LogP) is 1.81. The highest BCUT2D eigenvalue weighted by Crippen LogP contribution is 2.26. The van der Waals surface area contributed by atoms with Gasteiger partial charge in [0.05, 0.1) is 14.2 Å². The number of piperazine rings is 1. The van der Waals surface area contributed by atoms with Gasteiger partial charge in [-0.1, -0.05) is 0 Å². The number of carbonyl (C=O) groups excluding carboxylic acids is 1. The van der Waals surface area contributed by atoms with E-state index in [-0.39, 0.29) is 5.91 Å². The summed E-state index contributed by atoms with van der Waals surface area (Å²) in [7, 11) is 3.20. The highest BCUT2D eigenvalue weighted by molar-refractivity contribution is 5.91. The van der Waals surface area contributed by atoms with Crippen LogP contribution in [-0.4, -0.2) is 68.7 Å². The summed E-state index contributed by atoms with van der Waals surface area (Å²) < 4.78 is 10.5. The molecule has 1 N–H and O–H groups in total. The van der Waals surface area contributed by atoms with Crippen molar-refractivity contribution in [2.75, 3.05) is 52.3 Å². The molecule has 0 radical (unpaired) electrons. The fourth-order valence-corrected chi connectivity index (χ4v) is 3.62. The van der Waals surface area contributed by atoms with Crippen LogP contribution < -0.4 is 14.8 Å². The Kier molecular flexibility index (Phi) is 5.58. The van der Waals surface area contributed by atoms with Crippen molar-refractivity contribution in [2.24, 2.45) is 0 Å². The van der Waals surface area contributed by atoms with Gasteiger partial charge >= 0.3 is 0 Å². The van der Waals surface area contributed by atoms with Crippen LogP contribution in [0.2, 0.25) is 0 Å². The number of carbonyl (C=O) groups is 1. The second kappa shape index (κ2) is 7.85. The maximum atomic E-state index is 12.3. The zero-order valence-electron chi connectivity index (χ0n) is 14.6. The molecule has 2 fully saturated rings. The number of nitrogens with one attached hydrogen (secondary N) is 1. The van der Waals surface area contributed by atoms with Crippen LogP contribution in [0.1, 0.15) is 19.3 Å². The summed E-state index contributed by atoms with van der Waals surface area (Å²) >= 11 is 0. The summed E-state index contributed by atoms with van der Waals surface area (Å²) in [5.41, 5.74) is 0.705. The lowest BCUT2D eigenvalue weighted by Crippen LogP contribution is -2.50. The van der Waals surface area contributed by atoms with E-state index in [0.29, 0.717) is 29.6 Å². The van der Waals surface area contributed by atoms with Gasteiger partial charge in [-0.25, -0.2) is 0 Å². The standard InChI is InChI=1S/C18H27N3O3/c1-23-16-10-14(11-17(12-16)24-2)19-18(22)5-7-20-8-9-21-6-3-4-15(21)13-20/h10-12,15H,3-9,13H2,1-2H3,(H,19,22). The Morgan fingerprint density at radius 1 is 1.17 bits per heavy atom.